The Hall–Kier alpha value is -2.62. The Morgan fingerprint density at radius 3 is 2.75 bits per heavy atom. The van der Waals surface area contributed by atoms with E-state index in [2.05, 4.69) is 5.32 Å². The second-order valence-corrected chi connectivity index (χ2v) is 12.2. The van der Waals surface area contributed by atoms with Crippen molar-refractivity contribution in [3.8, 4) is 0 Å². The number of hydrogen-bond acceptors (Lipinski definition) is 5. The average Bonchev–Trinajstić information content (AvgIpc) is 3.48. The molecule has 1 fully saturated rings. The van der Waals surface area contributed by atoms with E-state index in [0.717, 1.165) is 6.42 Å². The topological polar surface area (TPSA) is 101 Å². The van der Waals surface area contributed by atoms with E-state index in [1.807, 2.05) is 6.92 Å². The lowest BCUT2D eigenvalue weighted by Crippen LogP contribution is -2.44. The third kappa shape index (κ3) is 6.81. The number of carbonyl (C=O) groups is 2. The van der Waals surface area contributed by atoms with E-state index in [0.29, 0.717) is 29.4 Å². The van der Waals surface area contributed by atoms with Crippen molar-refractivity contribution in [2.45, 2.75) is 58.4 Å². The van der Waals surface area contributed by atoms with Gasteiger partial charge >= 0.3 is 7.60 Å². The van der Waals surface area contributed by atoms with Crippen molar-refractivity contribution >= 4 is 47.1 Å². The molecule has 0 spiro atoms. The highest BCUT2D eigenvalue weighted by Gasteiger charge is 2.36. The zero-order chi connectivity index (χ0) is 29.0. The molecule has 3 atom stereocenters. The Morgan fingerprint density at radius 2 is 2.02 bits per heavy atom. The van der Waals surface area contributed by atoms with E-state index in [1.165, 1.54) is 25.1 Å². The first-order chi connectivity index (χ1) is 19.0. The SMILES string of the molecule is CCCCOP(=O)(O)c1ccc2c(C(C)=O)cn(CCN3C[C@H](F)C[C@H]3C(=O)NCc3cccc(Cl)c3F)c2c1. The lowest BCUT2D eigenvalue weighted by atomic mass is 10.1. The fourth-order valence-corrected chi connectivity index (χ4v) is 6.19. The van der Waals surface area contributed by atoms with Gasteiger partial charge in [0.2, 0.25) is 5.91 Å². The van der Waals surface area contributed by atoms with Crippen LogP contribution in [0.15, 0.2) is 42.6 Å². The molecule has 2 aromatic carbocycles. The largest absolute Gasteiger partial charge is 0.358 e. The van der Waals surface area contributed by atoms with Gasteiger partial charge in [-0.2, -0.15) is 0 Å². The van der Waals surface area contributed by atoms with Crippen LogP contribution in [0, 0.1) is 5.82 Å². The number of halogens is 3. The smallest absolute Gasteiger partial charge is 0.351 e. The standard InChI is InChI=1S/C28H33ClF2N3O5P/c1-3-4-12-39-40(37,38)21-8-9-22-23(18(2)35)17-34(25(22)14-21)11-10-33-16-20(30)13-26(33)28(36)32-15-19-6-5-7-24(29)27(19)31/h5-9,14,17,20,26H,3-4,10-13,15-16H2,1-2H3,(H,32,36)(H,37,38)/t20-,26+/m1/s1. The number of carbonyl (C=O) groups excluding carboxylic acids is 2. The van der Waals surface area contributed by atoms with Gasteiger partial charge in [0.1, 0.15) is 12.0 Å². The van der Waals surface area contributed by atoms with Gasteiger partial charge in [0.25, 0.3) is 0 Å². The normalized spacial score (nSPS) is 19.1. The van der Waals surface area contributed by atoms with Crippen molar-refractivity contribution < 1.29 is 32.4 Å². The van der Waals surface area contributed by atoms with Crippen LogP contribution in [-0.2, 0) is 27.0 Å². The molecule has 8 nitrogen and oxygen atoms in total. The number of amides is 1. The lowest BCUT2D eigenvalue weighted by Gasteiger charge is -2.24. The first-order valence-corrected chi connectivity index (χ1v) is 15.2. The summed E-state index contributed by atoms with van der Waals surface area (Å²) < 4.78 is 48.5. The molecule has 0 bridgehead atoms. The maximum absolute atomic E-state index is 14.4. The van der Waals surface area contributed by atoms with Crippen LogP contribution in [0.5, 0.6) is 0 Å². The third-order valence-corrected chi connectivity index (χ3v) is 8.86. The van der Waals surface area contributed by atoms with Gasteiger partial charge in [0, 0.05) is 60.8 Å². The van der Waals surface area contributed by atoms with Crippen LogP contribution in [-0.4, -0.2) is 58.0 Å². The predicted molar refractivity (Wildman–Crippen MR) is 150 cm³/mol. The molecule has 2 N–H and O–H groups in total. The molecule has 40 heavy (non-hydrogen) atoms. The molecule has 0 saturated carbocycles. The van der Waals surface area contributed by atoms with E-state index in [-0.39, 0.29) is 54.3 Å². The van der Waals surface area contributed by atoms with E-state index in [9.17, 15) is 27.8 Å². The molecular formula is C28H33ClF2N3O5P. The summed E-state index contributed by atoms with van der Waals surface area (Å²) >= 11 is 5.82. The summed E-state index contributed by atoms with van der Waals surface area (Å²) in [5, 5.41) is 3.37. The van der Waals surface area contributed by atoms with Crippen LogP contribution in [0.3, 0.4) is 0 Å². The predicted octanol–water partition coefficient (Wildman–Crippen LogP) is 4.99. The van der Waals surface area contributed by atoms with Crippen molar-refractivity contribution in [1.82, 2.24) is 14.8 Å². The van der Waals surface area contributed by atoms with Crippen LogP contribution >= 0.6 is 19.2 Å². The molecule has 1 aromatic heterocycles. The number of rotatable bonds is 12. The van der Waals surface area contributed by atoms with Gasteiger partial charge in [-0.05, 0) is 31.5 Å². The number of nitrogens with zero attached hydrogens (tertiary/aromatic N) is 2. The summed E-state index contributed by atoms with van der Waals surface area (Å²) in [6.45, 7) is 4.07. The van der Waals surface area contributed by atoms with Gasteiger partial charge in [-0.1, -0.05) is 43.1 Å². The molecule has 2 heterocycles. The number of fused-ring (bicyclic) bond motifs is 1. The molecule has 0 radical (unpaired) electrons. The number of Topliss-reactive ketones (excluding diaryl/α,β-unsaturated/α-hetero) is 1. The molecule has 1 saturated heterocycles. The summed E-state index contributed by atoms with van der Waals surface area (Å²) in [6.07, 6.45) is 1.92. The van der Waals surface area contributed by atoms with Crippen LogP contribution in [0.1, 0.15) is 49.0 Å². The van der Waals surface area contributed by atoms with Gasteiger partial charge in [-0.15, -0.1) is 0 Å². The van der Waals surface area contributed by atoms with Gasteiger partial charge in [-0.25, -0.2) is 8.78 Å². The van der Waals surface area contributed by atoms with Crippen LogP contribution in [0.2, 0.25) is 5.02 Å². The fourth-order valence-electron chi connectivity index (χ4n) is 4.92. The average molecular weight is 596 g/mol. The first-order valence-electron chi connectivity index (χ1n) is 13.2. The highest BCUT2D eigenvalue weighted by atomic mass is 35.5. The van der Waals surface area contributed by atoms with Gasteiger partial charge in [0.05, 0.1) is 23.0 Å². The van der Waals surface area contributed by atoms with E-state index >= 15 is 0 Å². The van der Waals surface area contributed by atoms with Crippen molar-refractivity contribution in [3.05, 3.63) is 64.6 Å². The number of alkyl halides is 1. The quantitative estimate of drug-likeness (QED) is 0.174. The minimum absolute atomic E-state index is 0.00191. The maximum Gasteiger partial charge on any atom is 0.358 e. The molecule has 12 heteroatoms. The molecular weight excluding hydrogens is 563 g/mol. The van der Waals surface area contributed by atoms with Crippen molar-refractivity contribution in [1.29, 1.82) is 0 Å². The Morgan fingerprint density at radius 1 is 1.25 bits per heavy atom. The monoisotopic (exact) mass is 595 g/mol. The summed E-state index contributed by atoms with van der Waals surface area (Å²) in [6, 6.07) is 8.42. The third-order valence-electron chi connectivity index (χ3n) is 7.10. The van der Waals surface area contributed by atoms with Crippen LogP contribution in [0.25, 0.3) is 10.9 Å². The Labute approximate surface area is 236 Å². The number of hydrogen-bond donors (Lipinski definition) is 2. The Kier molecular flexibility index (Phi) is 9.80. The molecule has 3 aromatic rings. The number of likely N-dealkylation sites (tertiary alicyclic amines) is 1. The van der Waals surface area contributed by atoms with Gasteiger partial charge in [0.15, 0.2) is 5.78 Å². The number of benzene rings is 2. The number of aromatic nitrogens is 1. The minimum atomic E-state index is -4.07. The van der Waals surface area contributed by atoms with Gasteiger partial charge in [-0.3, -0.25) is 19.1 Å². The highest BCUT2D eigenvalue weighted by molar-refractivity contribution is 7.61. The zero-order valence-electron chi connectivity index (χ0n) is 22.4. The number of nitrogens with one attached hydrogen (secondary N) is 1. The number of unbranched alkanes of at least 4 members (excludes halogenated alkanes) is 1. The lowest BCUT2D eigenvalue weighted by molar-refractivity contribution is -0.125. The maximum atomic E-state index is 14.4. The highest BCUT2D eigenvalue weighted by Crippen LogP contribution is 2.41. The first kappa shape index (κ1) is 30.3. The summed E-state index contributed by atoms with van der Waals surface area (Å²) in [4.78, 5) is 37.5. The van der Waals surface area contributed by atoms with E-state index in [4.69, 9.17) is 16.1 Å². The Balaban J connectivity index is 1.51. The summed E-state index contributed by atoms with van der Waals surface area (Å²) in [7, 11) is -4.07. The second-order valence-electron chi connectivity index (χ2n) is 9.98. The minimum Gasteiger partial charge on any atom is -0.351 e. The molecule has 1 aliphatic heterocycles. The van der Waals surface area contributed by atoms with Gasteiger partial charge < -0.3 is 19.3 Å². The summed E-state index contributed by atoms with van der Waals surface area (Å²) in [5.41, 5.74) is 1.24. The van der Waals surface area contributed by atoms with Crippen LogP contribution in [0.4, 0.5) is 8.78 Å². The number of ketones is 1. The van der Waals surface area contributed by atoms with Crippen molar-refractivity contribution in [2.24, 2.45) is 0 Å². The van der Waals surface area contributed by atoms with Crippen molar-refractivity contribution in [3.63, 3.8) is 0 Å². The fraction of sp³-hybridized carbons (Fsp3) is 0.429. The molecule has 1 aliphatic rings. The molecule has 0 aliphatic carbocycles. The Bertz CT molecular complexity index is 1450. The molecule has 216 valence electrons. The second kappa shape index (κ2) is 12.9. The zero-order valence-corrected chi connectivity index (χ0v) is 24.1. The van der Waals surface area contributed by atoms with E-state index < -0.39 is 31.5 Å². The molecule has 1 amide bonds. The van der Waals surface area contributed by atoms with Crippen molar-refractivity contribution in [2.75, 3.05) is 19.7 Å². The molecule has 1 unspecified atom stereocenters. The van der Waals surface area contributed by atoms with Crippen LogP contribution < -0.4 is 10.6 Å². The molecule has 4 rings (SSSR count). The van der Waals surface area contributed by atoms with E-state index in [1.54, 1.807) is 33.9 Å². The summed E-state index contributed by atoms with van der Waals surface area (Å²) in [5.74, 6) is -1.20.